The van der Waals surface area contributed by atoms with Gasteiger partial charge in [0.25, 0.3) is 0 Å². The van der Waals surface area contributed by atoms with E-state index in [-0.39, 0.29) is 12.3 Å². The van der Waals surface area contributed by atoms with Crippen LogP contribution in [0.2, 0.25) is 5.02 Å². The number of fused-ring (bicyclic) bond motifs is 1. The quantitative estimate of drug-likeness (QED) is 0.822. The van der Waals surface area contributed by atoms with E-state index in [1.165, 1.54) is 11.3 Å². The highest BCUT2D eigenvalue weighted by Gasteiger charge is 2.17. The Morgan fingerprint density at radius 2 is 2.16 bits per heavy atom. The number of aryl methyl sites for hydroxylation is 1. The van der Waals surface area contributed by atoms with Crippen LogP contribution in [0.5, 0.6) is 11.5 Å². The van der Waals surface area contributed by atoms with Crippen molar-refractivity contribution in [3.05, 3.63) is 27.7 Å². The lowest BCUT2D eigenvalue weighted by Gasteiger charge is -2.11. The molecule has 2 heterocycles. The highest BCUT2D eigenvalue weighted by atomic mass is 35.5. The minimum Gasteiger partial charge on any atom is -0.489 e. The summed E-state index contributed by atoms with van der Waals surface area (Å²) in [5, 5.41) is 12.8. The Hall–Kier alpha value is -1.86. The Balaban J connectivity index is 1.64. The van der Waals surface area contributed by atoms with Crippen LogP contribution in [0, 0.1) is 0 Å². The molecule has 134 valence electrons. The largest absolute Gasteiger partial charge is 0.489 e. The third-order valence-electron chi connectivity index (χ3n) is 3.68. The summed E-state index contributed by atoms with van der Waals surface area (Å²) in [6.45, 7) is 3.28. The molecule has 8 heteroatoms. The van der Waals surface area contributed by atoms with Crippen molar-refractivity contribution in [2.45, 2.75) is 39.0 Å². The summed E-state index contributed by atoms with van der Waals surface area (Å²) in [5.74, 6) is 0.974. The summed E-state index contributed by atoms with van der Waals surface area (Å²) >= 11 is 7.67. The number of rotatable bonds is 6. The topological polar surface area (TPSA) is 73.3 Å². The molecule has 0 spiro atoms. The molecule has 2 aromatic rings. The predicted molar refractivity (Wildman–Crippen MR) is 97.9 cm³/mol. The zero-order valence-corrected chi connectivity index (χ0v) is 15.6. The van der Waals surface area contributed by atoms with E-state index in [0.29, 0.717) is 34.9 Å². The number of carbonyl (C=O) groups is 1. The minimum absolute atomic E-state index is 0.163. The number of hydrogen-bond donors (Lipinski definition) is 1. The zero-order valence-electron chi connectivity index (χ0n) is 14.0. The van der Waals surface area contributed by atoms with Crippen molar-refractivity contribution in [3.8, 4) is 11.5 Å². The molecule has 0 fully saturated rings. The number of ether oxygens (including phenoxy) is 2. The molecule has 1 aliphatic rings. The van der Waals surface area contributed by atoms with Gasteiger partial charge in [-0.15, -0.1) is 10.2 Å². The van der Waals surface area contributed by atoms with Gasteiger partial charge in [0.2, 0.25) is 11.0 Å². The van der Waals surface area contributed by atoms with Gasteiger partial charge in [-0.1, -0.05) is 36.3 Å². The Morgan fingerprint density at radius 3 is 3.00 bits per heavy atom. The number of carbonyl (C=O) groups excluding carboxylic acids is 1. The maximum atomic E-state index is 12.3. The average Bonchev–Trinajstić information content (AvgIpc) is 2.87. The number of aromatic nitrogens is 2. The number of amides is 1. The predicted octanol–water partition coefficient (Wildman–Crippen LogP) is 3.88. The molecule has 0 atom stereocenters. The number of benzene rings is 1. The fourth-order valence-electron chi connectivity index (χ4n) is 2.47. The Kier molecular flexibility index (Phi) is 6.09. The molecule has 1 aliphatic heterocycles. The summed E-state index contributed by atoms with van der Waals surface area (Å²) in [7, 11) is 0. The van der Waals surface area contributed by atoms with E-state index in [9.17, 15) is 4.79 Å². The molecule has 0 saturated carbocycles. The van der Waals surface area contributed by atoms with Crippen molar-refractivity contribution in [1.82, 2.24) is 10.2 Å². The first-order valence-corrected chi connectivity index (χ1v) is 9.55. The molecule has 0 radical (unpaired) electrons. The molecule has 0 unspecified atom stereocenters. The minimum atomic E-state index is -0.163. The van der Waals surface area contributed by atoms with Crippen molar-refractivity contribution < 1.29 is 14.3 Å². The second-order valence-corrected chi connectivity index (χ2v) is 7.25. The number of unbranched alkanes of at least 4 members (excludes halogenated alkanes) is 1. The van der Waals surface area contributed by atoms with Crippen LogP contribution in [0.4, 0.5) is 5.13 Å². The van der Waals surface area contributed by atoms with Gasteiger partial charge in [-0.3, -0.25) is 4.79 Å². The van der Waals surface area contributed by atoms with Gasteiger partial charge in [0.15, 0.2) is 11.5 Å². The molecule has 25 heavy (non-hydrogen) atoms. The molecule has 6 nitrogen and oxygen atoms in total. The molecular formula is C17H20ClN3O3S. The van der Waals surface area contributed by atoms with Crippen molar-refractivity contribution in [2.75, 3.05) is 18.5 Å². The van der Waals surface area contributed by atoms with Crippen LogP contribution in [-0.4, -0.2) is 29.3 Å². The second-order valence-electron chi connectivity index (χ2n) is 5.78. The number of halogens is 1. The SMILES string of the molecule is CCCCc1nnc(NC(=O)Cc2cc(Cl)c3c(c2)OCCCO3)s1. The van der Waals surface area contributed by atoms with Crippen molar-refractivity contribution in [2.24, 2.45) is 0 Å². The molecule has 1 aromatic carbocycles. The van der Waals surface area contributed by atoms with Gasteiger partial charge >= 0.3 is 0 Å². The van der Waals surface area contributed by atoms with Gasteiger partial charge < -0.3 is 14.8 Å². The highest BCUT2D eigenvalue weighted by Crippen LogP contribution is 2.38. The average molecular weight is 382 g/mol. The van der Waals surface area contributed by atoms with Crippen LogP contribution in [-0.2, 0) is 17.6 Å². The standard InChI is InChI=1S/C17H20ClN3O3S/c1-2-3-5-15-20-21-17(25-15)19-14(22)10-11-8-12(18)16-13(9-11)23-6-4-7-24-16/h8-9H,2-7,10H2,1H3,(H,19,21,22). The lowest BCUT2D eigenvalue weighted by molar-refractivity contribution is -0.115. The van der Waals surface area contributed by atoms with E-state index in [2.05, 4.69) is 22.4 Å². The third-order valence-corrected chi connectivity index (χ3v) is 4.86. The van der Waals surface area contributed by atoms with Crippen molar-refractivity contribution >= 4 is 34.0 Å². The first-order valence-electron chi connectivity index (χ1n) is 8.36. The third kappa shape index (κ3) is 4.83. The van der Waals surface area contributed by atoms with Crippen LogP contribution < -0.4 is 14.8 Å². The monoisotopic (exact) mass is 381 g/mol. The summed E-state index contributed by atoms with van der Waals surface area (Å²) in [6, 6.07) is 3.54. The first kappa shape index (κ1) is 17.9. The summed E-state index contributed by atoms with van der Waals surface area (Å²) < 4.78 is 11.2. The Labute approximate surface area is 155 Å². The number of nitrogens with zero attached hydrogens (tertiary/aromatic N) is 2. The molecule has 1 amide bonds. The van der Waals surface area contributed by atoms with Crippen LogP contribution >= 0.6 is 22.9 Å². The van der Waals surface area contributed by atoms with Gasteiger partial charge in [0.1, 0.15) is 5.01 Å². The lowest BCUT2D eigenvalue weighted by Crippen LogP contribution is -2.14. The van der Waals surface area contributed by atoms with Gasteiger partial charge in [0, 0.05) is 12.8 Å². The molecule has 0 bridgehead atoms. The fourth-order valence-corrected chi connectivity index (χ4v) is 3.55. The van der Waals surface area contributed by atoms with Crippen LogP contribution in [0.15, 0.2) is 12.1 Å². The molecular weight excluding hydrogens is 362 g/mol. The van der Waals surface area contributed by atoms with Gasteiger partial charge in [-0.25, -0.2) is 0 Å². The fraction of sp³-hybridized carbons (Fsp3) is 0.471. The zero-order chi connectivity index (χ0) is 17.6. The van der Waals surface area contributed by atoms with E-state index in [0.717, 1.165) is 36.3 Å². The van der Waals surface area contributed by atoms with Crippen molar-refractivity contribution in [1.29, 1.82) is 0 Å². The van der Waals surface area contributed by atoms with Crippen LogP contribution in [0.1, 0.15) is 36.8 Å². The van der Waals surface area contributed by atoms with Crippen LogP contribution in [0.3, 0.4) is 0 Å². The summed E-state index contributed by atoms with van der Waals surface area (Å²) in [6.07, 6.45) is 4.05. The lowest BCUT2D eigenvalue weighted by atomic mass is 10.1. The summed E-state index contributed by atoms with van der Waals surface area (Å²) in [4.78, 5) is 12.3. The number of nitrogens with one attached hydrogen (secondary N) is 1. The summed E-state index contributed by atoms with van der Waals surface area (Å²) in [5.41, 5.74) is 0.766. The normalized spacial score (nSPS) is 13.4. The van der Waals surface area contributed by atoms with Crippen molar-refractivity contribution in [3.63, 3.8) is 0 Å². The maximum absolute atomic E-state index is 12.3. The molecule has 1 N–H and O–H groups in total. The molecule has 1 aromatic heterocycles. The molecule has 0 saturated heterocycles. The van der Waals surface area contributed by atoms with E-state index >= 15 is 0 Å². The molecule has 3 rings (SSSR count). The van der Waals surface area contributed by atoms with E-state index in [1.807, 2.05) is 0 Å². The maximum Gasteiger partial charge on any atom is 0.230 e. The highest BCUT2D eigenvalue weighted by molar-refractivity contribution is 7.15. The van der Waals surface area contributed by atoms with Crippen LogP contribution in [0.25, 0.3) is 0 Å². The van der Waals surface area contributed by atoms with E-state index in [4.69, 9.17) is 21.1 Å². The first-order chi connectivity index (χ1) is 12.2. The Morgan fingerprint density at radius 1 is 1.32 bits per heavy atom. The number of anilines is 1. The van der Waals surface area contributed by atoms with E-state index < -0.39 is 0 Å². The van der Waals surface area contributed by atoms with Gasteiger partial charge in [0.05, 0.1) is 24.7 Å². The Bertz CT molecular complexity index is 751. The second kappa shape index (κ2) is 8.49. The van der Waals surface area contributed by atoms with E-state index in [1.54, 1.807) is 12.1 Å². The van der Waals surface area contributed by atoms with Gasteiger partial charge in [-0.2, -0.15) is 0 Å². The molecule has 0 aliphatic carbocycles. The number of hydrogen-bond acceptors (Lipinski definition) is 6. The smallest absolute Gasteiger partial charge is 0.230 e. The van der Waals surface area contributed by atoms with Gasteiger partial charge in [-0.05, 0) is 24.1 Å².